The van der Waals surface area contributed by atoms with Gasteiger partial charge in [-0.05, 0) is 19.9 Å². The van der Waals surface area contributed by atoms with Crippen LogP contribution in [-0.2, 0) is 9.53 Å². The number of nitrogens with one attached hydrogen (secondary N) is 1. The number of carbonyl (C=O) groups is 1. The number of aromatic nitrogens is 3. The Labute approximate surface area is 137 Å². The Balaban J connectivity index is 0.00000242. The van der Waals surface area contributed by atoms with Gasteiger partial charge in [-0.3, -0.25) is 10.1 Å². The van der Waals surface area contributed by atoms with Crippen LogP contribution < -0.4 is 14.9 Å². The van der Waals surface area contributed by atoms with Crippen molar-refractivity contribution in [2.75, 3.05) is 11.9 Å². The molecule has 22 heavy (non-hydrogen) atoms. The molecule has 0 aliphatic carbocycles. The maximum absolute atomic E-state index is 12.1. The van der Waals surface area contributed by atoms with Crippen molar-refractivity contribution in [3.63, 3.8) is 0 Å². The number of anilines is 1. The van der Waals surface area contributed by atoms with Crippen LogP contribution in [0.1, 0.15) is 20.3 Å². The average molecular weight is 373 g/mol. The number of hydrogen-bond acceptors (Lipinski definition) is 6. The zero-order valence-corrected chi connectivity index (χ0v) is 13.9. The SMILES string of the molecule is Br.CC(C)OC(=O)CCNc1n[n+]([O-])c2ccccc2[n+]1[O-]. The molecule has 1 aromatic carbocycles. The first-order valence-electron chi connectivity index (χ1n) is 6.54. The number of ether oxygens (including phenoxy) is 1. The molecular weight excluding hydrogens is 356 g/mol. The molecular formula is C13H17BrN4O4. The van der Waals surface area contributed by atoms with E-state index in [1.165, 1.54) is 12.1 Å². The molecule has 0 spiro atoms. The summed E-state index contributed by atoms with van der Waals surface area (Å²) in [6.45, 7) is 3.66. The second-order valence-corrected chi connectivity index (χ2v) is 4.70. The van der Waals surface area contributed by atoms with Crippen LogP contribution in [0.2, 0.25) is 0 Å². The summed E-state index contributed by atoms with van der Waals surface area (Å²) in [5, 5.41) is 30.0. The van der Waals surface area contributed by atoms with Crippen LogP contribution in [-0.4, -0.2) is 23.7 Å². The third-order valence-corrected chi connectivity index (χ3v) is 2.66. The highest BCUT2D eigenvalue weighted by molar-refractivity contribution is 8.93. The predicted molar refractivity (Wildman–Crippen MR) is 84.3 cm³/mol. The lowest BCUT2D eigenvalue weighted by molar-refractivity contribution is -0.672. The fourth-order valence-electron chi connectivity index (χ4n) is 1.80. The predicted octanol–water partition coefficient (Wildman–Crippen LogP) is 0.833. The van der Waals surface area contributed by atoms with Gasteiger partial charge in [0.1, 0.15) is 0 Å². The molecule has 1 aromatic heterocycles. The molecule has 120 valence electrons. The normalized spacial score (nSPS) is 10.3. The average Bonchev–Trinajstić information content (AvgIpc) is 2.43. The van der Waals surface area contributed by atoms with E-state index >= 15 is 0 Å². The van der Waals surface area contributed by atoms with Crippen LogP contribution in [0.15, 0.2) is 24.3 Å². The van der Waals surface area contributed by atoms with Crippen LogP contribution in [0.4, 0.5) is 5.95 Å². The minimum absolute atomic E-state index is 0. The molecule has 9 heteroatoms. The van der Waals surface area contributed by atoms with Gasteiger partial charge in [0.05, 0.1) is 19.1 Å². The smallest absolute Gasteiger partial charge is 0.460 e. The summed E-state index contributed by atoms with van der Waals surface area (Å²) < 4.78 is 5.49. The molecule has 0 aliphatic rings. The summed E-state index contributed by atoms with van der Waals surface area (Å²) in [5.41, 5.74) is 0.382. The van der Waals surface area contributed by atoms with Gasteiger partial charge < -0.3 is 15.2 Å². The lowest BCUT2D eigenvalue weighted by Crippen LogP contribution is -2.44. The standard InChI is InChI=1S/C13H16N4O4.BrH/c1-9(2)21-12(18)7-8-14-13-15-17(20)11-6-4-3-5-10(11)16(13)19;/h3-6,9H,7-8H2,1-2H3,(H,14,15);1H. The second kappa shape index (κ2) is 7.74. The van der Waals surface area contributed by atoms with Crippen LogP contribution in [0.5, 0.6) is 0 Å². The van der Waals surface area contributed by atoms with E-state index in [4.69, 9.17) is 4.74 Å². The Morgan fingerprint density at radius 1 is 1.32 bits per heavy atom. The van der Waals surface area contributed by atoms with E-state index < -0.39 is 0 Å². The number of rotatable bonds is 5. The molecule has 0 aliphatic heterocycles. The Kier molecular flexibility index (Phi) is 6.29. The topological polar surface area (TPSA) is 105 Å². The van der Waals surface area contributed by atoms with Gasteiger partial charge in [-0.2, -0.15) is 0 Å². The van der Waals surface area contributed by atoms with Crippen LogP contribution in [0.25, 0.3) is 11.0 Å². The molecule has 0 amide bonds. The molecule has 0 unspecified atom stereocenters. The van der Waals surface area contributed by atoms with Crippen molar-refractivity contribution in [1.82, 2.24) is 5.10 Å². The molecule has 1 N–H and O–H groups in total. The summed E-state index contributed by atoms with van der Waals surface area (Å²) in [4.78, 5) is 11.7. The number of fused-ring (bicyclic) bond motifs is 1. The van der Waals surface area contributed by atoms with E-state index in [1.807, 2.05) is 0 Å². The number of esters is 1. The molecule has 0 radical (unpaired) electrons. The lowest BCUT2D eigenvalue weighted by Gasteiger charge is -2.10. The summed E-state index contributed by atoms with van der Waals surface area (Å²) in [7, 11) is 0. The van der Waals surface area contributed by atoms with Crippen LogP contribution in [0, 0.1) is 10.4 Å². The van der Waals surface area contributed by atoms with Crippen LogP contribution >= 0.6 is 17.0 Å². The van der Waals surface area contributed by atoms with E-state index in [9.17, 15) is 15.2 Å². The summed E-state index contributed by atoms with van der Waals surface area (Å²) in [6, 6.07) is 6.33. The third-order valence-electron chi connectivity index (χ3n) is 2.66. The Morgan fingerprint density at radius 3 is 2.59 bits per heavy atom. The lowest BCUT2D eigenvalue weighted by atomic mass is 10.3. The number of nitrogens with zero attached hydrogens (tertiary/aromatic N) is 3. The van der Waals surface area contributed by atoms with Crippen molar-refractivity contribution in [3.8, 4) is 0 Å². The Hall–Kier alpha value is -2.16. The monoisotopic (exact) mass is 372 g/mol. The van der Waals surface area contributed by atoms with E-state index in [0.29, 0.717) is 9.58 Å². The molecule has 0 bridgehead atoms. The number of halogens is 1. The van der Waals surface area contributed by atoms with Gasteiger partial charge in [0.2, 0.25) is 5.10 Å². The fraction of sp³-hybridized carbons (Fsp3) is 0.385. The highest BCUT2D eigenvalue weighted by Crippen LogP contribution is 2.05. The number of hydrogen-bond donors (Lipinski definition) is 1. The third kappa shape index (κ3) is 4.17. The van der Waals surface area contributed by atoms with Crippen LogP contribution in [0.3, 0.4) is 0 Å². The van der Waals surface area contributed by atoms with Gasteiger partial charge in [-0.25, -0.2) is 4.73 Å². The Morgan fingerprint density at radius 2 is 1.95 bits per heavy atom. The van der Waals surface area contributed by atoms with Gasteiger partial charge in [0.15, 0.2) is 5.52 Å². The van der Waals surface area contributed by atoms with Gasteiger partial charge in [-0.1, -0.05) is 12.1 Å². The number of carbonyl (C=O) groups excluding carboxylic acids is 1. The van der Waals surface area contributed by atoms with Gasteiger partial charge >= 0.3 is 11.9 Å². The van der Waals surface area contributed by atoms with Gasteiger partial charge in [0.25, 0.3) is 5.52 Å². The van der Waals surface area contributed by atoms with Crippen molar-refractivity contribution >= 4 is 39.9 Å². The summed E-state index contributed by atoms with van der Waals surface area (Å²) in [5.74, 6) is -0.535. The molecule has 2 aromatic rings. The molecule has 8 nitrogen and oxygen atoms in total. The number of benzene rings is 1. The zero-order valence-electron chi connectivity index (χ0n) is 12.2. The largest absolute Gasteiger partial charge is 0.739 e. The van der Waals surface area contributed by atoms with Crippen molar-refractivity contribution in [2.45, 2.75) is 26.4 Å². The highest BCUT2D eigenvalue weighted by Gasteiger charge is 2.19. The van der Waals surface area contributed by atoms with E-state index in [0.717, 1.165) is 0 Å². The minimum atomic E-state index is -0.384. The first kappa shape index (κ1) is 17.9. The quantitative estimate of drug-likeness (QED) is 0.473. The van der Waals surface area contributed by atoms with Crippen molar-refractivity contribution < 1.29 is 19.1 Å². The van der Waals surface area contributed by atoms with E-state index in [2.05, 4.69) is 10.4 Å². The van der Waals surface area contributed by atoms with Crippen molar-refractivity contribution in [1.29, 1.82) is 0 Å². The fourth-order valence-corrected chi connectivity index (χ4v) is 1.80. The second-order valence-electron chi connectivity index (χ2n) is 4.70. The van der Waals surface area contributed by atoms with E-state index in [1.54, 1.807) is 26.0 Å². The first-order chi connectivity index (χ1) is 9.99. The van der Waals surface area contributed by atoms with Crippen molar-refractivity contribution in [2.24, 2.45) is 0 Å². The minimum Gasteiger partial charge on any atom is -0.739 e. The Bertz CT molecular complexity index is 666. The summed E-state index contributed by atoms with van der Waals surface area (Å²) in [6.07, 6.45) is -0.115. The molecule has 0 saturated carbocycles. The van der Waals surface area contributed by atoms with E-state index in [-0.39, 0.29) is 59.0 Å². The maximum atomic E-state index is 12.1. The number of para-hydroxylation sites is 2. The zero-order chi connectivity index (χ0) is 15.4. The molecule has 2 rings (SSSR count). The molecule has 0 atom stereocenters. The van der Waals surface area contributed by atoms with Gasteiger partial charge in [-0.15, -0.1) is 17.0 Å². The first-order valence-corrected chi connectivity index (χ1v) is 6.54. The van der Waals surface area contributed by atoms with Gasteiger partial charge in [0, 0.05) is 10.9 Å². The summed E-state index contributed by atoms with van der Waals surface area (Å²) >= 11 is 0. The highest BCUT2D eigenvalue weighted by atomic mass is 79.9. The molecule has 1 heterocycles. The van der Waals surface area contributed by atoms with Crippen molar-refractivity contribution in [3.05, 3.63) is 34.7 Å². The maximum Gasteiger partial charge on any atom is 0.460 e. The molecule has 0 fully saturated rings. The molecule has 0 saturated heterocycles.